The summed E-state index contributed by atoms with van der Waals surface area (Å²) in [6, 6.07) is 9.57. The first-order valence-electron chi connectivity index (χ1n) is 9.92. The fourth-order valence-electron chi connectivity index (χ4n) is 3.15. The van der Waals surface area contributed by atoms with Crippen LogP contribution in [-0.4, -0.2) is 44.1 Å². The maximum absolute atomic E-state index is 12.2. The third-order valence-corrected chi connectivity index (χ3v) is 5.61. The number of amides is 2. The molecule has 0 heterocycles. The number of primary amides is 1. The minimum Gasteiger partial charge on any atom is -0.351 e. The van der Waals surface area contributed by atoms with Gasteiger partial charge in [-0.2, -0.15) is 5.26 Å². The lowest BCUT2D eigenvalue weighted by molar-refractivity contribution is -0.145. The second-order valence-electron chi connectivity index (χ2n) is 6.81. The molecule has 2 aromatic carbocycles. The predicted octanol–water partition coefficient (Wildman–Crippen LogP) is 5.24. The molecule has 0 aliphatic heterocycles. The largest absolute Gasteiger partial charge is 0.351 e. The van der Waals surface area contributed by atoms with Crippen LogP contribution < -0.4 is 10.7 Å². The van der Waals surface area contributed by atoms with Gasteiger partial charge in [-0.1, -0.05) is 40.9 Å². The average molecular weight is 500 g/mol. The number of anilines is 1. The fraction of sp³-hybridized carbons (Fsp3) is 0.364. The molecule has 10 heteroatoms. The van der Waals surface area contributed by atoms with Gasteiger partial charge in [0.15, 0.2) is 6.29 Å². The van der Waals surface area contributed by atoms with Crippen molar-refractivity contribution in [2.24, 2.45) is 5.73 Å². The Hall–Kier alpha value is -2.05. The van der Waals surface area contributed by atoms with E-state index in [1.807, 2.05) is 19.9 Å². The van der Waals surface area contributed by atoms with Gasteiger partial charge in [-0.3, -0.25) is 0 Å². The van der Waals surface area contributed by atoms with Crippen LogP contribution in [-0.2, 0) is 15.9 Å². The zero-order valence-electron chi connectivity index (χ0n) is 18.1. The smallest absolute Gasteiger partial charge is 0.334 e. The summed E-state index contributed by atoms with van der Waals surface area (Å²) in [5.41, 5.74) is 7.90. The number of nitrogens with two attached hydrogens (primary N) is 1. The first-order chi connectivity index (χ1) is 15.2. The molecule has 2 rings (SSSR count). The van der Waals surface area contributed by atoms with Crippen molar-refractivity contribution in [3.63, 3.8) is 0 Å². The Morgan fingerprint density at radius 3 is 2.16 bits per heavy atom. The third kappa shape index (κ3) is 6.72. The van der Waals surface area contributed by atoms with Gasteiger partial charge in [-0.05, 0) is 49.2 Å². The van der Waals surface area contributed by atoms with Gasteiger partial charge in [0.1, 0.15) is 0 Å². The number of likely N-dealkylation sites (N-methyl/N-ethyl adjacent to an activating group) is 1. The lowest BCUT2D eigenvalue weighted by Crippen LogP contribution is -2.50. The summed E-state index contributed by atoms with van der Waals surface area (Å²) in [4.78, 5) is 12.2. The number of carbonyl (C=O) groups excluding carboxylic acids is 1. The number of halogens is 3. The molecule has 0 aliphatic carbocycles. The van der Waals surface area contributed by atoms with E-state index in [0.717, 1.165) is 5.56 Å². The minimum absolute atomic E-state index is 0.252. The molecule has 0 atom stereocenters. The summed E-state index contributed by atoms with van der Waals surface area (Å²) in [5.74, 6) is 0. The highest BCUT2D eigenvalue weighted by Crippen LogP contribution is 2.34. The Kier molecular flexibility index (Phi) is 10.0. The lowest BCUT2D eigenvalue weighted by atomic mass is 10.0. The zero-order valence-corrected chi connectivity index (χ0v) is 20.3. The van der Waals surface area contributed by atoms with Gasteiger partial charge in [0.25, 0.3) is 0 Å². The van der Waals surface area contributed by atoms with E-state index in [1.165, 1.54) is 5.01 Å². The third-order valence-electron chi connectivity index (χ3n) is 4.59. The second-order valence-corrected chi connectivity index (χ2v) is 8.03. The quantitative estimate of drug-likeness (QED) is 0.356. The minimum atomic E-state index is -0.714. The number of nitriles is 1. The van der Waals surface area contributed by atoms with Crippen LogP contribution in [0.3, 0.4) is 0 Å². The van der Waals surface area contributed by atoms with Crippen molar-refractivity contribution < 1.29 is 14.3 Å². The molecule has 0 fully saturated rings. The van der Waals surface area contributed by atoms with Crippen LogP contribution in [0.15, 0.2) is 30.3 Å². The summed E-state index contributed by atoms with van der Waals surface area (Å²) >= 11 is 19.3. The second kappa shape index (κ2) is 12.3. The van der Waals surface area contributed by atoms with Crippen molar-refractivity contribution in [1.82, 2.24) is 5.01 Å². The van der Waals surface area contributed by atoms with E-state index in [1.54, 1.807) is 42.4 Å². The van der Waals surface area contributed by atoms with E-state index in [9.17, 15) is 4.79 Å². The Labute approximate surface area is 203 Å². The Balaban J connectivity index is 2.32. The molecule has 172 valence electrons. The van der Waals surface area contributed by atoms with Crippen molar-refractivity contribution in [2.75, 3.05) is 31.8 Å². The van der Waals surface area contributed by atoms with E-state index in [0.29, 0.717) is 51.5 Å². The van der Waals surface area contributed by atoms with E-state index >= 15 is 0 Å². The van der Waals surface area contributed by atoms with Gasteiger partial charge in [-0.25, -0.2) is 14.8 Å². The van der Waals surface area contributed by atoms with E-state index in [4.69, 9.17) is 55.3 Å². The molecule has 0 aromatic heterocycles. The highest BCUT2D eigenvalue weighted by Gasteiger charge is 2.24. The van der Waals surface area contributed by atoms with Crippen molar-refractivity contribution >= 4 is 46.5 Å². The van der Waals surface area contributed by atoms with E-state index < -0.39 is 12.3 Å². The molecule has 0 bridgehead atoms. The molecule has 0 aliphatic rings. The maximum Gasteiger partial charge on any atom is 0.334 e. The van der Waals surface area contributed by atoms with Crippen LogP contribution in [0.4, 0.5) is 10.5 Å². The Morgan fingerprint density at radius 1 is 1.09 bits per heavy atom. The van der Waals surface area contributed by atoms with E-state index in [2.05, 4.69) is 0 Å². The standard InChI is InChI=1S/C22H25Cl3N4O3/c1-4-31-21(32-5-2)13-28(3)29(22(27)30)16-10-19(24)17(20(25)11-16)9-15-7-6-14(12-26)8-18(15)23/h6-8,10-11,21H,4-5,9,13H2,1-3H3,(H2,27,30). The van der Waals surface area contributed by atoms with Gasteiger partial charge in [0.05, 0.1) is 23.9 Å². The highest BCUT2D eigenvalue weighted by atomic mass is 35.5. The van der Waals surface area contributed by atoms with Crippen molar-refractivity contribution in [1.29, 1.82) is 5.26 Å². The van der Waals surface area contributed by atoms with Gasteiger partial charge < -0.3 is 15.2 Å². The molecule has 0 radical (unpaired) electrons. The van der Waals surface area contributed by atoms with Crippen LogP contribution in [0.5, 0.6) is 0 Å². The maximum atomic E-state index is 12.2. The SMILES string of the molecule is CCOC(CN(C)N(C(N)=O)c1cc(Cl)c(Cc2ccc(C#N)cc2Cl)c(Cl)c1)OCC. The van der Waals surface area contributed by atoms with Crippen LogP contribution in [0.1, 0.15) is 30.5 Å². The van der Waals surface area contributed by atoms with Gasteiger partial charge in [0, 0.05) is 41.8 Å². The highest BCUT2D eigenvalue weighted by molar-refractivity contribution is 6.36. The zero-order chi connectivity index (χ0) is 23.8. The molecule has 0 unspecified atom stereocenters. The molecule has 7 nitrogen and oxygen atoms in total. The molecule has 32 heavy (non-hydrogen) atoms. The topological polar surface area (TPSA) is 91.8 Å². The Morgan fingerprint density at radius 2 is 1.69 bits per heavy atom. The number of urea groups is 1. The molecule has 2 N–H and O–H groups in total. The molecular weight excluding hydrogens is 475 g/mol. The first-order valence-corrected chi connectivity index (χ1v) is 11.0. The Bertz CT molecular complexity index is 968. The van der Waals surface area contributed by atoms with Crippen LogP contribution in [0.25, 0.3) is 0 Å². The molecule has 0 saturated heterocycles. The van der Waals surface area contributed by atoms with E-state index in [-0.39, 0.29) is 6.54 Å². The predicted molar refractivity (Wildman–Crippen MR) is 127 cm³/mol. The molecule has 0 saturated carbocycles. The van der Waals surface area contributed by atoms with Gasteiger partial charge in [0.2, 0.25) is 0 Å². The molecular formula is C22H25Cl3N4O3. The van der Waals surface area contributed by atoms with Crippen molar-refractivity contribution in [2.45, 2.75) is 26.6 Å². The summed E-state index contributed by atoms with van der Waals surface area (Å²) in [6.45, 7) is 4.88. The van der Waals surface area contributed by atoms with Crippen LogP contribution in [0.2, 0.25) is 15.1 Å². The number of hydrazine groups is 1. The summed E-state index contributed by atoms with van der Waals surface area (Å²) < 4.78 is 11.1. The number of rotatable bonds is 10. The van der Waals surface area contributed by atoms with Crippen molar-refractivity contribution in [3.8, 4) is 6.07 Å². The monoisotopic (exact) mass is 498 g/mol. The average Bonchev–Trinajstić information content (AvgIpc) is 2.71. The molecule has 2 amide bonds. The molecule has 2 aromatic rings. The number of nitrogens with zero attached hydrogens (tertiary/aromatic N) is 3. The number of hydrogen-bond donors (Lipinski definition) is 1. The van der Waals surface area contributed by atoms with Crippen molar-refractivity contribution in [3.05, 3.63) is 62.1 Å². The first kappa shape index (κ1) is 26.2. The number of ether oxygens (including phenoxy) is 2. The number of benzene rings is 2. The van der Waals surface area contributed by atoms with Crippen LogP contribution in [0, 0.1) is 11.3 Å². The fourth-order valence-corrected chi connectivity index (χ4v) is 4.00. The van der Waals surface area contributed by atoms with Gasteiger partial charge in [-0.15, -0.1) is 0 Å². The summed E-state index contributed by atoms with van der Waals surface area (Å²) in [6.07, 6.45) is -0.188. The van der Waals surface area contributed by atoms with Crippen LogP contribution >= 0.6 is 34.8 Å². The lowest BCUT2D eigenvalue weighted by Gasteiger charge is -2.33. The number of hydrogen-bond acceptors (Lipinski definition) is 5. The summed E-state index contributed by atoms with van der Waals surface area (Å²) in [5, 5.41) is 13.0. The normalized spacial score (nSPS) is 11.1. The summed E-state index contributed by atoms with van der Waals surface area (Å²) in [7, 11) is 1.68. The number of carbonyl (C=O) groups is 1. The van der Waals surface area contributed by atoms with Gasteiger partial charge >= 0.3 is 6.03 Å². The molecule has 0 spiro atoms.